The number of halogens is 1. The highest BCUT2D eigenvalue weighted by molar-refractivity contribution is 6.30. The third kappa shape index (κ3) is 7.71. The molecule has 0 fully saturated rings. The van der Waals surface area contributed by atoms with Crippen LogP contribution in [0.2, 0.25) is 5.02 Å². The van der Waals surface area contributed by atoms with Crippen molar-refractivity contribution in [2.75, 3.05) is 6.61 Å². The van der Waals surface area contributed by atoms with E-state index in [4.69, 9.17) is 16.3 Å². The van der Waals surface area contributed by atoms with Crippen molar-refractivity contribution >= 4 is 23.4 Å². The van der Waals surface area contributed by atoms with Crippen LogP contribution in [0.15, 0.2) is 48.5 Å². The minimum Gasteiger partial charge on any atom is -0.494 e. The molecular formula is C24H31ClN2O3. The number of hydrogen-bond acceptors (Lipinski definition) is 3. The lowest BCUT2D eigenvalue weighted by atomic mass is 10.1. The molecule has 0 heterocycles. The van der Waals surface area contributed by atoms with E-state index in [9.17, 15) is 9.59 Å². The quantitative estimate of drug-likeness (QED) is 0.553. The van der Waals surface area contributed by atoms with Gasteiger partial charge in [0.15, 0.2) is 0 Å². The predicted octanol–water partition coefficient (Wildman–Crippen LogP) is 4.75. The van der Waals surface area contributed by atoms with E-state index in [1.54, 1.807) is 36.1 Å². The second kappa shape index (κ2) is 11.6. The van der Waals surface area contributed by atoms with E-state index >= 15 is 0 Å². The normalized spacial score (nSPS) is 11.8. The number of amides is 2. The lowest BCUT2D eigenvalue weighted by molar-refractivity contribution is -0.141. The van der Waals surface area contributed by atoms with Crippen LogP contribution < -0.4 is 10.1 Å². The maximum absolute atomic E-state index is 13.0. The number of carbonyl (C=O) groups is 2. The van der Waals surface area contributed by atoms with Gasteiger partial charge in [-0.2, -0.15) is 0 Å². The van der Waals surface area contributed by atoms with Crippen molar-refractivity contribution in [1.82, 2.24) is 10.2 Å². The average molecular weight is 431 g/mol. The first kappa shape index (κ1) is 23.7. The summed E-state index contributed by atoms with van der Waals surface area (Å²) in [6.45, 7) is 8.41. The molecule has 0 aromatic heterocycles. The van der Waals surface area contributed by atoms with Crippen LogP contribution in [-0.2, 0) is 16.1 Å². The summed E-state index contributed by atoms with van der Waals surface area (Å²) in [5, 5.41) is 3.55. The number of ether oxygens (including phenoxy) is 1. The molecule has 2 rings (SSSR count). The first-order chi connectivity index (χ1) is 14.3. The molecule has 0 aliphatic carbocycles. The summed E-state index contributed by atoms with van der Waals surface area (Å²) in [5.41, 5.74) is 2.15. The molecule has 0 radical (unpaired) electrons. The summed E-state index contributed by atoms with van der Waals surface area (Å²) >= 11 is 5.87. The molecule has 1 atom stereocenters. The van der Waals surface area contributed by atoms with Crippen molar-refractivity contribution in [3.05, 3.63) is 64.7 Å². The SMILES string of the molecule is Cc1ccc(CN(C(=O)CCCOc2ccc(Cl)cc2)[C@H](C)C(=O)NC(C)C)cc1. The summed E-state index contributed by atoms with van der Waals surface area (Å²) in [7, 11) is 0. The van der Waals surface area contributed by atoms with Gasteiger partial charge in [-0.25, -0.2) is 0 Å². The molecule has 0 aliphatic rings. The Bertz CT molecular complexity index is 819. The fraction of sp³-hybridized carbons (Fsp3) is 0.417. The first-order valence-corrected chi connectivity index (χ1v) is 10.7. The van der Waals surface area contributed by atoms with Gasteiger partial charge in [0.1, 0.15) is 11.8 Å². The predicted molar refractivity (Wildman–Crippen MR) is 121 cm³/mol. The standard InChI is InChI=1S/C24H31ClN2O3/c1-17(2)26-24(29)19(4)27(16-20-9-7-18(3)8-10-20)23(28)6-5-15-30-22-13-11-21(25)12-14-22/h7-14,17,19H,5-6,15-16H2,1-4H3,(H,26,29)/t19-/m1/s1. The van der Waals surface area contributed by atoms with Crippen molar-refractivity contribution in [3.8, 4) is 5.75 Å². The van der Waals surface area contributed by atoms with E-state index in [0.717, 1.165) is 11.1 Å². The number of benzene rings is 2. The highest BCUT2D eigenvalue weighted by Crippen LogP contribution is 2.17. The number of nitrogens with zero attached hydrogens (tertiary/aromatic N) is 1. The van der Waals surface area contributed by atoms with Crippen LogP contribution >= 0.6 is 11.6 Å². The minimum absolute atomic E-state index is 0.0176. The van der Waals surface area contributed by atoms with E-state index in [0.29, 0.717) is 36.8 Å². The van der Waals surface area contributed by atoms with Gasteiger partial charge in [-0.3, -0.25) is 9.59 Å². The van der Waals surface area contributed by atoms with Crippen molar-refractivity contribution < 1.29 is 14.3 Å². The minimum atomic E-state index is -0.557. The molecule has 0 saturated heterocycles. The maximum atomic E-state index is 13.0. The zero-order valence-electron chi connectivity index (χ0n) is 18.2. The van der Waals surface area contributed by atoms with Gasteiger partial charge in [-0.1, -0.05) is 41.4 Å². The molecule has 2 aromatic rings. The molecule has 30 heavy (non-hydrogen) atoms. The van der Waals surface area contributed by atoms with Gasteiger partial charge in [0, 0.05) is 24.0 Å². The van der Waals surface area contributed by atoms with Crippen LogP contribution in [0.25, 0.3) is 0 Å². The Kier molecular flexibility index (Phi) is 9.18. The Balaban J connectivity index is 1.98. The second-order valence-electron chi connectivity index (χ2n) is 7.75. The van der Waals surface area contributed by atoms with E-state index in [2.05, 4.69) is 5.32 Å². The summed E-state index contributed by atoms with van der Waals surface area (Å²) in [6, 6.07) is 14.6. The number of rotatable bonds is 10. The number of carbonyl (C=O) groups excluding carboxylic acids is 2. The Morgan fingerprint density at radius 1 is 1.03 bits per heavy atom. The Morgan fingerprint density at radius 3 is 2.27 bits per heavy atom. The third-order valence-electron chi connectivity index (χ3n) is 4.69. The number of aryl methyl sites for hydroxylation is 1. The zero-order chi connectivity index (χ0) is 22.1. The van der Waals surface area contributed by atoms with Crippen molar-refractivity contribution in [3.63, 3.8) is 0 Å². The van der Waals surface area contributed by atoms with E-state index < -0.39 is 6.04 Å². The second-order valence-corrected chi connectivity index (χ2v) is 8.19. The van der Waals surface area contributed by atoms with Gasteiger partial charge in [-0.05, 0) is 63.9 Å². The Morgan fingerprint density at radius 2 is 1.67 bits per heavy atom. The molecule has 0 unspecified atom stereocenters. The smallest absolute Gasteiger partial charge is 0.242 e. The van der Waals surface area contributed by atoms with Gasteiger partial charge < -0.3 is 15.0 Å². The van der Waals surface area contributed by atoms with E-state index in [-0.39, 0.29) is 17.9 Å². The highest BCUT2D eigenvalue weighted by atomic mass is 35.5. The van der Waals surface area contributed by atoms with Crippen molar-refractivity contribution in [2.24, 2.45) is 0 Å². The highest BCUT2D eigenvalue weighted by Gasteiger charge is 2.26. The molecule has 2 amide bonds. The van der Waals surface area contributed by atoms with Crippen LogP contribution in [0.4, 0.5) is 0 Å². The molecule has 0 saturated carbocycles. The molecule has 0 spiro atoms. The van der Waals surface area contributed by atoms with Crippen LogP contribution in [0, 0.1) is 6.92 Å². The fourth-order valence-electron chi connectivity index (χ4n) is 2.97. The van der Waals surface area contributed by atoms with Gasteiger partial charge in [-0.15, -0.1) is 0 Å². The van der Waals surface area contributed by atoms with E-state index in [1.807, 2.05) is 45.0 Å². The van der Waals surface area contributed by atoms with Crippen LogP contribution in [0.3, 0.4) is 0 Å². The number of nitrogens with one attached hydrogen (secondary N) is 1. The molecular weight excluding hydrogens is 400 g/mol. The summed E-state index contributed by atoms with van der Waals surface area (Å²) in [4.78, 5) is 27.2. The molecule has 0 bridgehead atoms. The molecule has 5 nitrogen and oxygen atoms in total. The topological polar surface area (TPSA) is 58.6 Å². The molecule has 162 valence electrons. The lowest BCUT2D eigenvalue weighted by Crippen LogP contribution is -2.49. The third-order valence-corrected chi connectivity index (χ3v) is 4.94. The number of hydrogen-bond donors (Lipinski definition) is 1. The van der Waals surface area contributed by atoms with Crippen molar-refractivity contribution in [2.45, 2.75) is 59.2 Å². The Hall–Kier alpha value is -2.53. The van der Waals surface area contributed by atoms with Gasteiger partial charge in [0.2, 0.25) is 11.8 Å². The van der Waals surface area contributed by atoms with Gasteiger partial charge in [0.05, 0.1) is 6.61 Å². The van der Waals surface area contributed by atoms with Crippen molar-refractivity contribution in [1.29, 1.82) is 0 Å². The van der Waals surface area contributed by atoms with E-state index in [1.165, 1.54) is 0 Å². The van der Waals surface area contributed by atoms with Gasteiger partial charge in [0.25, 0.3) is 0 Å². The van der Waals surface area contributed by atoms with Crippen LogP contribution in [0.1, 0.15) is 44.7 Å². The molecule has 1 N–H and O–H groups in total. The largest absolute Gasteiger partial charge is 0.494 e. The summed E-state index contributed by atoms with van der Waals surface area (Å²) < 4.78 is 5.67. The summed E-state index contributed by atoms with van der Waals surface area (Å²) in [6.07, 6.45) is 0.864. The average Bonchev–Trinajstić information content (AvgIpc) is 2.71. The maximum Gasteiger partial charge on any atom is 0.242 e. The lowest BCUT2D eigenvalue weighted by Gasteiger charge is -2.29. The Labute approximate surface area is 184 Å². The van der Waals surface area contributed by atoms with Crippen LogP contribution in [-0.4, -0.2) is 35.4 Å². The van der Waals surface area contributed by atoms with Crippen LogP contribution in [0.5, 0.6) is 5.75 Å². The monoisotopic (exact) mass is 430 g/mol. The molecule has 2 aromatic carbocycles. The summed E-state index contributed by atoms with van der Waals surface area (Å²) in [5.74, 6) is 0.498. The molecule has 0 aliphatic heterocycles. The zero-order valence-corrected chi connectivity index (χ0v) is 18.9. The fourth-order valence-corrected chi connectivity index (χ4v) is 3.09. The first-order valence-electron chi connectivity index (χ1n) is 10.3. The van der Waals surface area contributed by atoms with Gasteiger partial charge >= 0.3 is 0 Å². The molecule has 6 heteroatoms.